The van der Waals surface area contributed by atoms with Crippen molar-refractivity contribution in [3.63, 3.8) is 0 Å². The summed E-state index contributed by atoms with van der Waals surface area (Å²) in [6.45, 7) is 0.309. The molecular weight excluding hydrogens is 336 g/mol. The Morgan fingerprint density at radius 1 is 1.37 bits per heavy atom. The molecule has 0 fully saturated rings. The van der Waals surface area contributed by atoms with Crippen molar-refractivity contribution in [2.75, 3.05) is 6.54 Å². The minimum atomic E-state index is -3.84. The molecule has 1 rings (SSSR count). The smallest absolute Gasteiger partial charge is 0.321 e. The van der Waals surface area contributed by atoms with Crippen molar-refractivity contribution < 1.29 is 18.3 Å². The van der Waals surface area contributed by atoms with Crippen LogP contribution in [0.5, 0.6) is 0 Å². The quantitative estimate of drug-likeness (QED) is 0.677. The fraction of sp³-hybridized carbons (Fsp3) is 0.364. The Morgan fingerprint density at radius 3 is 2.42 bits per heavy atom. The molecule has 0 aromatic heterocycles. The minimum Gasteiger partial charge on any atom is -0.480 e. The van der Waals surface area contributed by atoms with Gasteiger partial charge in [-0.05, 0) is 43.7 Å². The van der Waals surface area contributed by atoms with E-state index in [9.17, 15) is 13.2 Å². The Bertz CT molecular complexity index is 530. The molecular formula is C11H15BrN2O4S. The van der Waals surface area contributed by atoms with E-state index in [1.165, 1.54) is 12.1 Å². The largest absolute Gasteiger partial charge is 0.480 e. The number of carbonyl (C=O) groups is 1. The van der Waals surface area contributed by atoms with Crippen molar-refractivity contribution in [3.05, 3.63) is 28.7 Å². The molecule has 0 radical (unpaired) electrons. The molecule has 1 aromatic rings. The van der Waals surface area contributed by atoms with Crippen molar-refractivity contribution in [2.24, 2.45) is 5.73 Å². The molecule has 6 nitrogen and oxygen atoms in total. The summed E-state index contributed by atoms with van der Waals surface area (Å²) in [6.07, 6.45) is 0.585. The second-order valence-corrected chi connectivity index (χ2v) is 6.53. The third-order valence-corrected chi connectivity index (χ3v) is 4.43. The van der Waals surface area contributed by atoms with Crippen LogP contribution < -0.4 is 10.5 Å². The van der Waals surface area contributed by atoms with Gasteiger partial charge in [0, 0.05) is 4.47 Å². The number of sulfonamides is 1. The van der Waals surface area contributed by atoms with Crippen LogP contribution in [-0.2, 0) is 14.8 Å². The standard InChI is InChI=1S/C11H15BrN2O4S/c12-8-3-5-9(6-4-8)19(17,18)14-10(11(15)16)2-1-7-13/h3-6,10,14H,1-2,7,13H2,(H,15,16)/t10-/m0/s1. The molecule has 106 valence electrons. The van der Waals surface area contributed by atoms with Crippen molar-refractivity contribution in [1.82, 2.24) is 4.72 Å². The van der Waals surface area contributed by atoms with E-state index in [0.29, 0.717) is 13.0 Å². The van der Waals surface area contributed by atoms with Gasteiger partial charge in [0.25, 0.3) is 0 Å². The van der Waals surface area contributed by atoms with Gasteiger partial charge in [0.1, 0.15) is 6.04 Å². The van der Waals surface area contributed by atoms with Gasteiger partial charge in [-0.2, -0.15) is 4.72 Å². The molecule has 0 saturated heterocycles. The number of nitrogens with two attached hydrogens (primary N) is 1. The van der Waals surface area contributed by atoms with Gasteiger partial charge in [0.05, 0.1) is 4.90 Å². The first kappa shape index (κ1) is 16.1. The summed E-state index contributed by atoms with van der Waals surface area (Å²) in [5, 5.41) is 8.98. The molecule has 1 aromatic carbocycles. The van der Waals surface area contributed by atoms with Crippen LogP contribution >= 0.6 is 15.9 Å². The third-order valence-electron chi connectivity index (χ3n) is 2.42. The molecule has 0 unspecified atom stereocenters. The number of hydrogen-bond donors (Lipinski definition) is 3. The maximum atomic E-state index is 12.0. The zero-order valence-corrected chi connectivity index (χ0v) is 12.4. The lowest BCUT2D eigenvalue weighted by atomic mass is 10.2. The van der Waals surface area contributed by atoms with E-state index in [0.717, 1.165) is 4.47 Å². The van der Waals surface area contributed by atoms with Crippen molar-refractivity contribution in [3.8, 4) is 0 Å². The van der Waals surface area contributed by atoms with Crippen LogP contribution in [-0.4, -0.2) is 32.1 Å². The van der Waals surface area contributed by atoms with Crippen LogP contribution in [0.15, 0.2) is 33.6 Å². The van der Waals surface area contributed by atoms with Crippen LogP contribution in [0.3, 0.4) is 0 Å². The predicted octanol–water partition coefficient (Wildman–Crippen LogP) is 0.920. The average molecular weight is 351 g/mol. The number of halogens is 1. The second kappa shape index (κ2) is 6.99. The molecule has 0 saturated carbocycles. The molecule has 0 aliphatic rings. The van der Waals surface area contributed by atoms with Crippen LogP contribution in [0.25, 0.3) is 0 Å². The molecule has 1 atom stereocenters. The summed E-state index contributed by atoms with van der Waals surface area (Å²) in [7, 11) is -3.84. The van der Waals surface area contributed by atoms with Gasteiger partial charge in [-0.15, -0.1) is 0 Å². The highest BCUT2D eigenvalue weighted by atomic mass is 79.9. The van der Waals surface area contributed by atoms with E-state index in [1.54, 1.807) is 12.1 Å². The maximum Gasteiger partial charge on any atom is 0.321 e. The van der Waals surface area contributed by atoms with Crippen LogP contribution in [0.4, 0.5) is 0 Å². The van der Waals surface area contributed by atoms with E-state index in [4.69, 9.17) is 10.8 Å². The van der Waals surface area contributed by atoms with Crippen LogP contribution in [0, 0.1) is 0 Å². The number of nitrogens with one attached hydrogen (secondary N) is 1. The Hall–Kier alpha value is -0.960. The van der Waals surface area contributed by atoms with Crippen molar-refractivity contribution in [1.29, 1.82) is 0 Å². The van der Waals surface area contributed by atoms with Gasteiger partial charge in [0.2, 0.25) is 10.0 Å². The van der Waals surface area contributed by atoms with Gasteiger partial charge in [-0.1, -0.05) is 15.9 Å². The molecule has 8 heteroatoms. The summed E-state index contributed by atoms with van der Waals surface area (Å²) >= 11 is 3.20. The molecule has 19 heavy (non-hydrogen) atoms. The van der Waals surface area contributed by atoms with Gasteiger partial charge in [-0.3, -0.25) is 4.79 Å². The number of hydrogen-bond acceptors (Lipinski definition) is 4. The SMILES string of the molecule is NCCC[C@H](NS(=O)(=O)c1ccc(Br)cc1)C(=O)O. The highest BCUT2D eigenvalue weighted by Gasteiger charge is 2.24. The summed E-state index contributed by atoms with van der Waals surface area (Å²) in [5.74, 6) is -1.21. The zero-order chi connectivity index (χ0) is 14.5. The number of benzene rings is 1. The van der Waals surface area contributed by atoms with Crippen molar-refractivity contribution in [2.45, 2.75) is 23.8 Å². The van der Waals surface area contributed by atoms with Gasteiger partial charge in [0.15, 0.2) is 0 Å². The van der Waals surface area contributed by atoms with E-state index in [1.807, 2.05) is 0 Å². The van der Waals surface area contributed by atoms with Crippen molar-refractivity contribution >= 4 is 31.9 Å². The lowest BCUT2D eigenvalue weighted by Gasteiger charge is -2.14. The lowest BCUT2D eigenvalue weighted by molar-refractivity contribution is -0.139. The first-order valence-electron chi connectivity index (χ1n) is 5.57. The molecule has 0 aliphatic carbocycles. The number of carboxylic acids is 1. The highest BCUT2D eigenvalue weighted by Crippen LogP contribution is 2.15. The zero-order valence-electron chi connectivity index (χ0n) is 10.0. The molecule has 0 aliphatic heterocycles. The summed E-state index contributed by atoms with van der Waals surface area (Å²) in [4.78, 5) is 11.0. The Labute approximate surface area is 120 Å². The summed E-state index contributed by atoms with van der Waals surface area (Å²) in [6, 6.07) is 4.77. The van der Waals surface area contributed by atoms with E-state index in [-0.39, 0.29) is 11.3 Å². The normalized spacial score (nSPS) is 13.2. The summed E-state index contributed by atoms with van der Waals surface area (Å²) in [5.41, 5.74) is 5.29. The lowest BCUT2D eigenvalue weighted by Crippen LogP contribution is -2.40. The van der Waals surface area contributed by atoms with E-state index < -0.39 is 22.0 Å². The molecule has 4 N–H and O–H groups in total. The highest BCUT2D eigenvalue weighted by molar-refractivity contribution is 9.10. The van der Waals surface area contributed by atoms with Crippen LogP contribution in [0.1, 0.15) is 12.8 Å². The first-order chi connectivity index (χ1) is 8.86. The van der Waals surface area contributed by atoms with E-state index in [2.05, 4.69) is 20.7 Å². The molecule has 0 heterocycles. The number of carboxylic acid groups (broad SMARTS) is 1. The predicted molar refractivity (Wildman–Crippen MR) is 74.2 cm³/mol. The van der Waals surface area contributed by atoms with Gasteiger partial charge < -0.3 is 10.8 Å². The monoisotopic (exact) mass is 350 g/mol. The number of aliphatic carboxylic acids is 1. The first-order valence-corrected chi connectivity index (χ1v) is 7.85. The second-order valence-electron chi connectivity index (χ2n) is 3.90. The van der Waals surface area contributed by atoms with E-state index >= 15 is 0 Å². The fourth-order valence-electron chi connectivity index (χ4n) is 1.42. The molecule has 0 bridgehead atoms. The van der Waals surface area contributed by atoms with Gasteiger partial charge in [-0.25, -0.2) is 8.42 Å². The molecule has 0 spiro atoms. The average Bonchev–Trinajstić information content (AvgIpc) is 2.34. The minimum absolute atomic E-state index is 0.0229. The topological polar surface area (TPSA) is 109 Å². The van der Waals surface area contributed by atoms with Gasteiger partial charge >= 0.3 is 5.97 Å². The number of rotatable bonds is 7. The third kappa shape index (κ3) is 4.90. The van der Waals surface area contributed by atoms with Crippen LogP contribution in [0.2, 0.25) is 0 Å². The Morgan fingerprint density at radius 2 is 1.95 bits per heavy atom. The maximum absolute atomic E-state index is 12.0. The Balaban J connectivity index is 2.87. The molecule has 0 amide bonds. The Kier molecular flexibility index (Phi) is 5.92. The summed E-state index contributed by atoms with van der Waals surface area (Å²) < 4.78 is 26.9. The fourth-order valence-corrected chi connectivity index (χ4v) is 2.91.